The summed E-state index contributed by atoms with van der Waals surface area (Å²) in [5, 5.41) is 12.8. The predicted octanol–water partition coefficient (Wildman–Crippen LogP) is 0.224. The molecule has 17 heavy (non-hydrogen) atoms. The molecule has 0 heterocycles. The van der Waals surface area contributed by atoms with Crippen LogP contribution in [-0.4, -0.2) is 42.4 Å². The summed E-state index contributed by atoms with van der Waals surface area (Å²) in [6.45, 7) is 0.937. The molecule has 0 fully saturated rings. The molecule has 6 nitrogen and oxygen atoms in total. The van der Waals surface area contributed by atoms with Gasteiger partial charge in [0, 0.05) is 0 Å². The molecule has 0 aliphatic rings. The Kier molecular flexibility index (Phi) is 5.72. The fourth-order valence-corrected chi connectivity index (χ4v) is 0.683. The third-order valence-corrected chi connectivity index (χ3v) is 1.34. The van der Waals surface area contributed by atoms with Gasteiger partial charge in [-0.2, -0.15) is 13.2 Å². The molecular formula is C8H9F3N2O4. The number of carbonyl (C=O) groups is 2. The normalized spacial score (nSPS) is 11.8. The third-order valence-electron chi connectivity index (χ3n) is 1.34. The van der Waals surface area contributed by atoms with Gasteiger partial charge >= 0.3 is 6.18 Å². The van der Waals surface area contributed by atoms with Crippen molar-refractivity contribution >= 4 is 17.9 Å². The molecule has 0 rings (SSSR count). The Labute approximate surface area is 93.7 Å². The Bertz CT molecular complexity index is 338. The number of halogens is 3. The maximum absolute atomic E-state index is 11.8. The minimum atomic E-state index is -4.61. The van der Waals surface area contributed by atoms with Gasteiger partial charge in [-0.05, 0) is 0 Å². The van der Waals surface area contributed by atoms with Crippen molar-refractivity contribution in [3.8, 4) is 0 Å². The van der Waals surface area contributed by atoms with Gasteiger partial charge in [-0.15, -0.1) is 0 Å². The first-order valence-corrected chi connectivity index (χ1v) is 4.14. The molecule has 0 unspecified atom stereocenters. The molecule has 0 bridgehead atoms. The van der Waals surface area contributed by atoms with E-state index in [1.165, 1.54) is 0 Å². The van der Waals surface area contributed by atoms with Crippen LogP contribution in [0.15, 0.2) is 17.5 Å². The van der Waals surface area contributed by atoms with Crippen molar-refractivity contribution in [3.05, 3.63) is 12.3 Å². The highest BCUT2D eigenvalue weighted by Crippen LogP contribution is 2.16. The molecule has 0 aliphatic heterocycles. The van der Waals surface area contributed by atoms with Crippen molar-refractivity contribution in [1.29, 1.82) is 0 Å². The van der Waals surface area contributed by atoms with E-state index in [1.807, 2.05) is 5.32 Å². The SMILES string of the molecule is C=C(OCC(F)(F)F)/C(=N\O)C(=O)NCC=O. The second-order valence-corrected chi connectivity index (χ2v) is 2.65. The van der Waals surface area contributed by atoms with Gasteiger partial charge in [0.05, 0.1) is 6.54 Å². The van der Waals surface area contributed by atoms with E-state index in [0.717, 1.165) is 0 Å². The zero-order valence-electron chi connectivity index (χ0n) is 8.45. The number of oxime groups is 1. The Balaban J connectivity index is 4.42. The second kappa shape index (κ2) is 6.51. The quantitative estimate of drug-likeness (QED) is 0.233. The van der Waals surface area contributed by atoms with E-state index in [-0.39, 0.29) is 6.54 Å². The Morgan fingerprint density at radius 3 is 2.53 bits per heavy atom. The number of nitrogens with one attached hydrogen (secondary N) is 1. The van der Waals surface area contributed by atoms with Crippen molar-refractivity contribution in [2.45, 2.75) is 6.18 Å². The predicted molar refractivity (Wildman–Crippen MR) is 49.4 cm³/mol. The zero-order chi connectivity index (χ0) is 13.5. The van der Waals surface area contributed by atoms with E-state index in [2.05, 4.69) is 16.5 Å². The highest BCUT2D eigenvalue weighted by molar-refractivity contribution is 6.44. The number of alkyl halides is 3. The van der Waals surface area contributed by atoms with Gasteiger partial charge in [0.2, 0.25) is 5.71 Å². The van der Waals surface area contributed by atoms with Crippen molar-refractivity contribution in [3.63, 3.8) is 0 Å². The second-order valence-electron chi connectivity index (χ2n) is 2.65. The number of hydrogen-bond acceptors (Lipinski definition) is 5. The molecule has 0 aliphatic carbocycles. The summed E-state index contributed by atoms with van der Waals surface area (Å²) in [6.07, 6.45) is -4.27. The number of rotatable bonds is 6. The van der Waals surface area contributed by atoms with Crippen molar-refractivity contribution in [1.82, 2.24) is 5.32 Å². The molecule has 0 radical (unpaired) electrons. The number of aldehydes is 1. The summed E-state index contributed by atoms with van der Waals surface area (Å²) >= 11 is 0. The fourth-order valence-electron chi connectivity index (χ4n) is 0.683. The van der Waals surface area contributed by atoms with Crippen LogP contribution in [0.1, 0.15) is 0 Å². The number of ether oxygens (including phenoxy) is 1. The van der Waals surface area contributed by atoms with Gasteiger partial charge in [-0.25, -0.2) is 0 Å². The average Bonchev–Trinajstić information content (AvgIpc) is 2.23. The molecule has 9 heteroatoms. The molecule has 0 aromatic carbocycles. The first-order chi connectivity index (χ1) is 7.81. The van der Waals surface area contributed by atoms with Crippen LogP contribution in [0.3, 0.4) is 0 Å². The zero-order valence-corrected chi connectivity index (χ0v) is 8.45. The van der Waals surface area contributed by atoms with Crippen LogP contribution in [0.2, 0.25) is 0 Å². The fraction of sp³-hybridized carbons (Fsp3) is 0.375. The van der Waals surface area contributed by atoms with E-state index in [4.69, 9.17) is 5.21 Å². The first kappa shape index (κ1) is 14.9. The Morgan fingerprint density at radius 1 is 1.53 bits per heavy atom. The topological polar surface area (TPSA) is 88.0 Å². The lowest BCUT2D eigenvalue weighted by atomic mass is 10.3. The molecule has 0 aromatic rings. The Hall–Kier alpha value is -2.06. The van der Waals surface area contributed by atoms with Gasteiger partial charge in [0.1, 0.15) is 12.0 Å². The van der Waals surface area contributed by atoms with Gasteiger partial charge in [-0.3, -0.25) is 4.79 Å². The van der Waals surface area contributed by atoms with Crippen LogP contribution < -0.4 is 5.32 Å². The molecule has 0 aromatic heterocycles. The number of nitrogens with zero attached hydrogens (tertiary/aromatic N) is 1. The van der Waals surface area contributed by atoms with Crippen molar-refractivity contribution in [2.24, 2.45) is 5.16 Å². The number of amides is 1. The third kappa shape index (κ3) is 6.17. The minimum Gasteiger partial charge on any atom is -0.482 e. The van der Waals surface area contributed by atoms with Crippen molar-refractivity contribution < 1.29 is 32.7 Å². The van der Waals surface area contributed by atoms with Crippen LogP contribution in [0, 0.1) is 0 Å². The van der Waals surface area contributed by atoms with Crippen LogP contribution >= 0.6 is 0 Å². The molecule has 1 amide bonds. The molecule has 0 atom stereocenters. The summed E-state index contributed by atoms with van der Waals surface area (Å²) in [5.74, 6) is -1.83. The highest BCUT2D eigenvalue weighted by atomic mass is 19.4. The summed E-state index contributed by atoms with van der Waals surface area (Å²) in [6, 6.07) is 0. The monoisotopic (exact) mass is 254 g/mol. The molecule has 2 N–H and O–H groups in total. The average molecular weight is 254 g/mol. The van der Waals surface area contributed by atoms with Gasteiger partial charge in [0.25, 0.3) is 5.91 Å². The Morgan fingerprint density at radius 2 is 2.12 bits per heavy atom. The molecular weight excluding hydrogens is 245 g/mol. The molecule has 0 spiro atoms. The maximum atomic E-state index is 11.8. The minimum absolute atomic E-state index is 0.340. The van der Waals surface area contributed by atoms with E-state index in [9.17, 15) is 22.8 Å². The lowest BCUT2D eigenvalue weighted by molar-refractivity contribution is -0.163. The summed E-state index contributed by atoms with van der Waals surface area (Å²) in [4.78, 5) is 21.0. The molecule has 0 saturated heterocycles. The highest BCUT2D eigenvalue weighted by Gasteiger charge is 2.30. The lowest BCUT2D eigenvalue weighted by Crippen LogP contribution is -2.34. The number of carbonyl (C=O) groups excluding carboxylic acids is 2. The summed E-state index contributed by atoms with van der Waals surface area (Å²) in [7, 11) is 0. The summed E-state index contributed by atoms with van der Waals surface area (Å²) < 4.78 is 39.4. The smallest absolute Gasteiger partial charge is 0.422 e. The first-order valence-electron chi connectivity index (χ1n) is 4.14. The van der Waals surface area contributed by atoms with Crippen LogP contribution in [-0.2, 0) is 14.3 Å². The van der Waals surface area contributed by atoms with Crippen LogP contribution in [0.5, 0.6) is 0 Å². The van der Waals surface area contributed by atoms with E-state index >= 15 is 0 Å². The number of hydrogen-bond donors (Lipinski definition) is 2. The standard InChI is InChI=1S/C8H9F3N2O4/c1-5(17-4-8(9,10)11)6(13-16)7(15)12-2-3-14/h3,16H,1-2,4H2,(H,12,15)/b13-6+. The molecule has 0 saturated carbocycles. The maximum Gasteiger partial charge on any atom is 0.422 e. The largest absolute Gasteiger partial charge is 0.482 e. The van der Waals surface area contributed by atoms with E-state index in [0.29, 0.717) is 6.29 Å². The molecule has 96 valence electrons. The summed E-state index contributed by atoms with van der Waals surface area (Å²) in [5.41, 5.74) is -0.837. The van der Waals surface area contributed by atoms with E-state index < -0.39 is 30.2 Å². The lowest BCUT2D eigenvalue weighted by Gasteiger charge is -2.11. The van der Waals surface area contributed by atoms with Gasteiger partial charge in [-0.1, -0.05) is 11.7 Å². The van der Waals surface area contributed by atoms with Gasteiger partial charge in [0.15, 0.2) is 6.61 Å². The van der Waals surface area contributed by atoms with Crippen molar-refractivity contribution in [2.75, 3.05) is 13.2 Å². The van der Waals surface area contributed by atoms with Gasteiger partial charge < -0.3 is 20.1 Å². The van der Waals surface area contributed by atoms with Crippen LogP contribution in [0.25, 0.3) is 0 Å². The van der Waals surface area contributed by atoms with Crippen LogP contribution in [0.4, 0.5) is 13.2 Å². The van der Waals surface area contributed by atoms with E-state index in [1.54, 1.807) is 0 Å².